The Kier molecular flexibility index (Phi) is 3.99. The van der Waals surface area contributed by atoms with Crippen LogP contribution in [0.4, 0.5) is 0 Å². The summed E-state index contributed by atoms with van der Waals surface area (Å²) in [5.41, 5.74) is 1.39. The van der Waals surface area contributed by atoms with Crippen LogP contribution in [0.2, 0.25) is 5.02 Å². The Morgan fingerprint density at radius 3 is 2.89 bits per heavy atom. The van der Waals surface area contributed by atoms with Crippen LogP contribution in [0.15, 0.2) is 23.6 Å². The maximum atomic E-state index is 12.1. The summed E-state index contributed by atoms with van der Waals surface area (Å²) in [7, 11) is 1.53. The van der Waals surface area contributed by atoms with Crippen molar-refractivity contribution in [2.75, 3.05) is 7.11 Å². The van der Waals surface area contributed by atoms with E-state index in [9.17, 15) is 4.79 Å². The number of halogens is 1. The second-order valence-corrected chi connectivity index (χ2v) is 5.28. The lowest BCUT2D eigenvalue weighted by atomic mass is 10.1. The number of rotatable bonds is 4. The number of aryl methyl sites for hydroxylation is 1. The van der Waals surface area contributed by atoms with Gasteiger partial charge in [-0.15, -0.1) is 11.3 Å². The minimum atomic E-state index is 0.00951. The van der Waals surface area contributed by atoms with Crippen molar-refractivity contribution < 1.29 is 9.53 Å². The van der Waals surface area contributed by atoms with E-state index in [1.54, 1.807) is 29.5 Å². The van der Waals surface area contributed by atoms with Gasteiger partial charge in [-0.25, -0.2) is 4.98 Å². The van der Waals surface area contributed by atoms with Crippen molar-refractivity contribution in [3.63, 3.8) is 0 Å². The Bertz CT molecular complexity index is 580. The van der Waals surface area contributed by atoms with Crippen LogP contribution in [0.1, 0.15) is 21.1 Å². The van der Waals surface area contributed by atoms with Crippen LogP contribution in [0.5, 0.6) is 5.75 Å². The highest BCUT2D eigenvalue weighted by molar-refractivity contribution is 7.09. The summed E-state index contributed by atoms with van der Waals surface area (Å²) in [6, 6.07) is 5.02. The monoisotopic (exact) mass is 281 g/mol. The summed E-state index contributed by atoms with van der Waals surface area (Å²) in [5, 5.41) is 3.37. The number of hydrogen-bond donors (Lipinski definition) is 0. The first-order valence-electron chi connectivity index (χ1n) is 5.38. The van der Waals surface area contributed by atoms with Crippen molar-refractivity contribution >= 4 is 28.7 Å². The summed E-state index contributed by atoms with van der Waals surface area (Å²) >= 11 is 7.46. The Morgan fingerprint density at radius 2 is 2.28 bits per heavy atom. The molecule has 18 heavy (non-hydrogen) atoms. The Labute approximate surface area is 114 Å². The molecule has 0 radical (unpaired) electrons. The molecule has 1 aromatic heterocycles. The highest BCUT2D eigenvalue weighted by Gasteiger charge is 2.11. The van der Waals surface area contributed by atoms with Gasteiger partial charge in [-0.1, -0.05) is 11.6 Å². The summed E-state index contributed by atoms with van der Waals surface area (Å²) in [6.07, 6.45) is 0.301. The molecule has 0 spiro atoms. The Hall–Kier alpha value is -1.39. The molecule has 2 rings (SSSR count). The van der Waals surface area contributed by atoms with Gasteiger partial charge in [0, 0.05) is 10.9 Å². The zero-order chi connectivity index (χ0) is 13.1. The molecule has 94 valence electrons. The van der Waals surface area contributed by atoms with E-state index < -0.39 is 0 Å². The van der Waals surface area contributed by atoms with E-state index in [-0.39, 0.29) is 5.78 Å². The fourth-order valence-corrected chi connectivity index (χ4v) is 2.40. The number of hydrogen-bond acceptors (Lipinski definition) is 4. The number of carbonyl (C=O) groups is 1. The third-order valence-corrected chi connectivity index (χ3v) is 3.62. The Morgan fingerprint density at radius 1 is 1.50 bits per heavy atom. The number of aromatic nitrogens is 1. The van der Waals surface area contributed by atoms with Crippen molar-refractivity contribution in [1.29, 1.82) is 0 Å². The van der Waals surface area contributed by atoms with Crippen LogP contribution in [-0.4, -0.2) is 17.9 Å². The van der Waals surface area contributed by atoms with Crippen LogP contribution >= 0.6 is 22.9 Å². The lowest BCUT2D eigenvalue weighted by Gasteiger charge is -2.05. The van der Waals surface area contributed by atoms with E-state index >= 15 is 0 Å². The summed E-state index contributed by atoms with van der Waals surface area (Å²) in [6.45, 7) is 1.92. The van der Waals surface area contributed by atoms with Gasteiger partial charge < -0.3 is 4.74 Å². The van der Waals surface area contributed by atoms with Gasteiger partial charge in [-0.05, 0) is 25.1 Å². The van der Waals surface area contributed by atoms with Gasteiger partial charge in [0.25, 0.3) is 0 Å². The molecule has 0 aliphatic rings. The third kappa shape index (κ3) is 2.89. The molecule has 0 unspecified atom stereocenters. The van der Waals surface area contributed by atoms with E-state index in [4.69, 9.17) is 16.3 Å². The van der Waals surface area contributed by atoms with E-state index in [0.29, 0.717) is 22.8 Å². The quantitative estimate of drug-likeness (QED) is 0.805. The molecular weight excluding hydrogens is 270 g/mol. The minimum Gasteiger partial charge on any atom is -0.495 e. The second-order valence-electron chi connectivity index (χ2n) is 3.81. The fraction of sp³-hybridized carbons (Fsp3) is 0.231. The number of ether oxygens (including phenoxy) is 1. The maximum absolute atomic E-state index is 12.1. The molecule has 0 amide bonds. The predicted octanol–water partition coefficient (Wildman–Crippen LogP) is 3.54. The molecule has 0 bridgehead atoms. The molecule has 5 heteroatoms. The van der Waals surface area contributed by atoms with Gasteiger partial charge in [-0.3, -0.25) is 4.79 Å². The van der Waals surface area contributed by atoms with Gasteiger partial charge in [0.1, 0.15) is 5.75 Å². The smallest absolute Gasteiger partial charge is 0.168 e. The average molecular weight is 282 g/mol. The van der Waals surface area contributed by atoms with E-state index in [2.05, 4.69) is 4.98 Å². The average Bonchev–Trinajstić information content (AvgIpc) is 2.75. The fourth-order valence-electron chi connectivity index (χ4n) is 1.59. The summed E-state index contributed by atoms with van der Waals surface area (Å²) in [5.74, 6) is 0.521. The highest BCUT2D eigenvalue weighted by atomic mass is 35.5. The van der Waals surface area contributed by atoms with Gasteiger partial charge in [0.15, 0.2) is 5.78 Å². The molecule has 2 aromatic rings. The van der Waals surface area contributed by atoms with Crippen molar-refractivity contribution in [1.82, 2.24) is 4.98 Å². The largest absolute Gasteiger partial charge is 0.495 e. The van der Waals surface area contributed by atoms with Crippen molar-refractivity contribution in [2.45, 2.75) is 13.3 Å². The predicted molar refractivity (Wildman–Crippen MR) is 72.9 cm³/mol. The maximum Gasteiger partial charge on any atom is 0.168 e. The van der Waals surface area contributed by atoms with Crippen molar-refractivity contribution in [2.24, 2.45) is 0 Å². The zero-order valence-electron chi connectivity index (χ0n) is 10.1. The third-order valence-electron chi connectivity index (χ3n) is 2.48. The molecule has 0 atom stereocenters. The lowest BCUT2D eigenvalue weighted by Crippen LogP contribution is -2.04. The van der Waals surface area contributed by atoms with E-state index in [1.807, 2.05) is 12.3 Å². The molecule has 0 N–H and O–H groups in total. The SMILES string of the molecule is COc1cc(C(=O)Cc2csc(C)n2)ccc1Cl. The van der Waals surface area contributed by atoms with Gasteiger partial charge in [0.2, 0.25) is 0 Å². The van der Waals surface area contributed by atoms with Crippen LogP contribution in [-0.2, 0) is 6.42 Å². The molecule has 1 aromatic carbocycles. The van der Waals surface area contributed by atoms with Crippen LogP contribution in [0, 0.1) is 6.92 Å². The van der Waals surface area contributed by atoms with Crippen LogP contribution < -0.4 is 4.74 Å². The molecule has 1 heterocycles. The second kappa shape index (κ2) is 5.50. The van der Waals surface area contributed by atoms with Crippen LogP contribution in [0.25, 0.3) is 0 Å². The molecule has 0 fully saturated rings. The number of Topliss-reactive ketones (excluding diaryl/α,β-unsaturated/α-hetero) is 1. The van der Waals surface area contributed by atoms with Gasteiger partial charge >= 0.3 is 0 Å². The van der Waals surface area contributed by atoms with Crippen molar-refractivity contribution in [3.8, 4) is 5.75 Å². The van der Waals surface area contributed by atoms with Gasteiger partial charge in [0.05, 0.1) is 29.3 Å². The first-order chi connectivity index (χ1) is 8.60. The topological polar surface area (TPSA) is 39.2 Å². The molecular formula is C13H12ClNO2S. The molecule has 0 aliphatic carbocycles. The first-order valence-corrected chi connectivity index (χ1v) is 6.63. The highest BCUT2D eigenvalue weighted by Crippen LogP contribution is 2.25. The molecule has 0 saturated carbocycles. The van der Waals surface area contributed by atoms with Crippen LogP contribution in [0.3, 0.4) is 0 Å². The number of methoxy groups -OCH3 is 1. The van der Waals surface area contributed by atoms with E-state index in [0.717, 1.165) is 10.7 Å². The number of ketones is 1. The lowest BCUT2D eigenvalue weighted by molar-refractivity contribution is 0.0992. The number of thiazole rings is 1. The summed E-state index contributed by atoms with van der Waals surface area (Å²) < 4.78 is 5.09. The molecule has 3 nitrogen and oxygen atoms in total. The number of nitrogens with zero attached hydrogens (tertiary/aromatic N) is 1. The number of benzene rings is 1. The van der Waals surface area contributed by atoms with E-state index in [1.165, 1.54) is 7.11 Å². The summed E-state index contributed by atoms with van der Waals surface area (Å²) in [4.78, 5) is 16.3. The van der Waals surface area contributed by atoms with Crippen molar-refractivity contribution in [3.05, 3.63) is 44.9 Å². The molecule has 0 aliphatic heterocycles. The Balaban J connectivity index is 2.18. The number of carbonyl (C=O) groups excluding carboxylic acids is 1. The first kappa shape index (κ1) is 13.1. The molecule has 0 saturated heterocycles. The minimum absolute atomic E-state index is 0.00951. The zero-order valence-corrected chi connectivity index (χ0v) is 11.6. The van der Waals surface area contributed by atoms with Gasteiger partial charge in [-0.2, -0.15) is 0 Å². The standard InChI is InChI=1S/C13H12ClNO2S/c1-8-15-10(7-18-8)6-12(16)9-3-4-11(14)13(5-9)17-2/h3-5,7H,6H2,1-2H3. The normalized spacial score (nSPS) is 10.4.